The first-order chi connectivity index (χ1) is 10.3. The molecule has 1 N–H and O–H groups in total. The monoisotopic (exact) mass is 281 g/mol. The lowest BCUT2D eigenvalue weighted by molar-refractivity contribution is 0.0783. The van der Waals surface area contributed by atoms with Gasteiger partial charge in [-0.25, -0.2) is 0 Å². The van der Waals surface area contributed by atoms with Gasteiger partial charge in [-0.3, -0.25) is 9.78 Å². The van der Waals surface area contributed by atoms with E-state index in [0.29, 0.717) is 6.54 Å². The topological polar surface area (TPSA) is 45.2 Å². The molecule has 0 saturated heterocycles. The second-order valence-corrected chi connectivity index (χ2v) is 5.39. The highest BCUT2D eigenvalue weighted by molar-refractivity contribution is 5.96. The Bertz CT molecular complexity index is 640. The van der Waals surface area contributed by atoms with Crippen molar-refractivity contribution in [2.45, 2.75) is 19.5 Å². The number of fused-ring (bicyclic) bond motifs is 1. The van der Waals surface area contributed by atoms with E-state index >= 15 is 0 Å². The number of nitrogens with zero attached hydrogens (tertiary/aromatic N) is 2. The molecule has 0 fully saturated rings. The molecular weight excluding hydrogens is 262 g/mol. The lowest BCUT2D eigenvalue weighted by Gasteiger charge is -2.23. The van der Waals surface area contributed by atoms with Crippen molar-refractivity contribution in [3.8, 4) is 0 Å². The van der Waals surface area contributed by atoms with E-state index in [0.717, 1.165) is 30.6 Å². The van der Waals surface area contributed by atoms with Gasteiger partial charge in [-0.1, -0.05) is 18.2 Å². The molecule has 0 aliphatic carbocycles. The quantitative estimate of drug-likeness (QED) is 0.936. The first kappa shape index (κ1) is 13.8. The molecule has 0 saturated carbocycles. The number of benzene rings is 1. The first-order valence-electron chi connectivity index (χ1n) is 7.21. The summed E-state index contributed by atoms with van der Waals surface area (Å²) in [4.78, 5) is 18.6. The van der Waals surface area contributed by atoms with Crippen LogP contribution in [-0.2, 0) is 19.5 Å². The summed E-state index contributed by atoms with van der Waals surface area (Å²) in [5.41, 5.74) is 4.31. The van der Waals surface area contributed by atoms with Crippen molar-refractivity contribution in [2.24, 2.45) is 0 Å². The number of hydrogen-bond acceptors (Lipinski definition) is 3. The number of amides is 1. The summed E-state index contributed by atoms with van der Waals surface area (Å²) in [6.07, 6.45) is 4.46. The van der Waals surface area contributed by atoms with Crippen molar-refractivity contribution < 1.29 is 4.79 Å². The second kappa shape index (κ2) is 6.06. The van der Waals surface area contributed by atoms with Crippen molar-refractivity contribution in [3.63, 3.8) is 0 Å². The highest BCUT2D eigenvalue weighted by Crippen LogP contribution is 2.20. The van der Waals surface area contributed by atoms with Crippen LogP contribution < -0.4 is 5.32 Å². The molecule has 0 radical (unpaired) electrons. The van der Waals surface area contributed by atoms with E-state index in [4.69, 9.17) is 0 Å². The van der Waals surface area contributed by atoms with Gasteiger partial charge in [0.05, 0.1) is 0 Å². The highest BCUT2D eigenvalue weighted by atomic mass is 16.2. The van der Waals surface area contributed by atoms with Gasteiger partial charge >= 0.3 is 0 Å². The fourth-order valence-corrected chi connectivity index (χ4v) is 2.78. The highest BCUT2D eigenvalue weighted by Gasteiger charge is 2.19. The van der Waals surface area contributed by atoms with E-state index in [-0.39, 0.29) is 5.91 Å². The molecule has 0 atom stereocenters. The Hall–Kier alpha value is -2.20. The van der Waals surface area contributed by atoms with Gasteiger partial charge in [0.1, 0.15) is 0 Å². The minimum absolute atomic E-state index is 0.0811. The van der Waals surface area contributed by atoms with Crippen LogP contribution in [0.25, 0.3) is 0 Å². The minimum atomic E-state index is 0.0811. The Kier molecular flexibility index (Phi) is 3.97. The predicted molar refractivity (Wildman–Crippen MR) is 81.9 cm³/mol. The fourth-order valence-electron chi connectivity index (χ4n) is 2.78. The normalized spacial score (nSPS) is 13.6. The van der Waals surface area contributed by atoms with E-state index in [1.54, 1.807) is 17.3 Å². The van der Waals surface area contributed by atoms with Crippen molar-refractivity contribution in [3.05, 3.63) is 65.0 Å². The number of nitrogens with one attached hydrogen (secondary N) is 1. The molecule has 0 bridgehead atoms. The van der Waals surface area contributed by atoms with Gasteiger partial charge in [0, 0.05) is 38.1 Å². The molecule has 108 valence electrons. The third kappa shape index (κ3) is 2.95. The van der Waals surface area contributed by atoms with Crippen molar-refractivity contribution in [1.29, 1.82) is 0 Å². The number of pyridine rings is 1. The van der Waals surface area contributed by atoms with Crippen molar-refractivity contribution in [2.75, 3.05) is 13.6 Å². The van der Waals surface area contributed by atoms with E-state index in [2.05, 4.69) is 16.4 Å². The zero-order valence-electron chi connectivity index (χ0n) is 12.2. The molecule has 0 spiro atoms. The van der Waals surface area contributed by atoms with Crippen LogP contribution in [0.5, 0.6) is 0 Å². The number of rotatable bonds is 3. The maximum atomic E-state index is 12.7. The van der Waals surface area contributed by atoms with Gasteiger partial charge in [0.15, 0.2) is 0 Å². The van der Waals surface area contributed by atoms with Gasteiger partial charge < -0.3 is 10.2 Å². The van der Waals surface area contributed by atoms with Gasteiger partial charge in [-0.05, 0) is 41.8 Å². The Balaban J connectivity index is 1.82. The lowest BCUT2D eigenvalue weighted by atomic mass is 9.95. The molecule has 2 aromatic rings. The molecular formula is C17H19N3O. The smallest absolute Gasteiger partial charge is 0.254 e. The standard InChI is InChI=1S/C17H19N3O/c1-20(12-13-4-3-8-18-10-13)17(21)16-6-2-5-14-11-19-9-7-15(14)16/h2-6,8,10,19H,7,9,11-12H2,1H3. The summed E-state index contributed by atoms with van der Waals surface area (Å²) in [6.45, 7) is 2.36. The summed E-state index contributed by atoms with van der Waals surface area (Å²) >= 11 is 0. The van der Waals surface area contributed by atoms with E-state index in [1.807, 2.05) is 31.3 Å². The minimum Gasteiger partial charge on any atom is -0.337 e. The van der Waals surface area contributed by atoms with Crippen LogP contribution in [0.3, 0.4) is 0 Å². The van der Waals surface area contributed by atoms with Crippen LogP contribution >= 0.6 is 0 Å². The van der Waals surface area contributed by atoms with Crippen LogP contribution in [0.15, 0.2) is 42.7 Å². The summed E-state index contributed by atoms with van der Waals surface area (Å²) in [6, 6.07) is 9.88. The van der Waals surface area contributed by atoms with Gasteiger partial charge in [-0.2, -0.15) is 0 Å². The van der Waals surface area contributed by atoms with Crippen LogP contribution in [0.4, 0.5) is 0 Å². The molecule has 4 nitrogen and oxygen atoms in total. The molecule has 1 amide bonds. The Morgan fingerprint density at radius 2 is 2.24 bits per heavy atom. The SMILES string of the molecule is CN(Cc1cccnc1)C(=O)c1cccc2c1CCNC2. The molecule has 0 unspecified atom stereocenters. The van der Waals surface area contributed by atoms with Crippen LogP contribution in [0.2, 0.25) is 0 Å². The van der Waals surface area contributed by atoms with E-state index in [9.17, 15) is 4.79 Å². The molecule has 1 aromatic heterocycles. The maximum Gasteiger partial charge on any atom is 0.254 e. The number of hydrogen-bond donors (Lipinski definition) is 1. The fraction of sp³-hybridized carbons (Fsp3) is 0.294. The van der Waals surface area contributed by atoms with Gasteiger partial charge in [0.25, 0.3) is 5.91 Å². The molecule has 2 heterocycles. The van der Waals surface area contributed by atoms with Crippen molar-refractivity contribution in [1.82, 2.24) is 15.2 Å². The number of carbonyl (C=O) groups is 1. The van der Waals surface area contributed by atoms with Crippen molar-refractivity contribution >= 4 is 5.91 Å². The largest absolute Gasteiger partial charge is 0.337 e. The molecule has 1 aromatic carbocycles. The Morgan fingerprint density at radius 1 is 1.33 bits per heavy atom. The van der Waals surface area contributed by atoms with Gasteiger partial charge in [0.2, 0.25) is 0 Å². The summed E-state index contributed by atoms with van der Waals surface area (Å²) < 4.78 is 0. The molecule has 3 rings (SSSR count). The average Bonchev–Trinajstić information content (AvgIpc) is 2.54. The van der Waals surface area contributed by atoms with Gasteiger partial charge in [-0.15, -0.1) is 0 Å². The summed E-state index contributed by atoms with van der Waals surface area (Å²) in [5.74, 6) is 0.0811. The molecule has 1 aliphatic rings. The third-order valence-corrected chi connectivity index (χ3v) is 3.86. The molecule has 1 aliphatic heterocycles. The van der Waals surface area contributed by atoms with Crippen LogP contribution in [0.1, 0.15) is 27.0 Å². The summed E-state index contributed by atoms with van der Waals surface area (Å²) in [5, 5.41) is 3.34. The first-order valence-corrected chi connectivity index (χ1v) is 7.21. The van der Waals surface area contributed by atoms with E-state index < -0.39 is 0 Å². The maximum absolute atomic E-state index is 12.7. The number of aromatic nitrogens is 1. The van der Waals surface area contributed by atoms with Crippen LogP contribution in [-0.4, -0.2) is 29.4 Å². The van der Waals surface area contributed by atoms with Crippen LogP contribution in [0, 0.1) is 0 Å². The second-order valence-electron chi connectivity index (χ2n) is 5.39. The predicted octanol–water partition coefficient (Wildman–Crippen LogP) is 2.00. The summed E-state index contributed by atoms with van der Waals surface area (Å²) in [7, 11) is 1.84. The van der Waals surface area contributed by atoms with E-state index in [1.165, 1.54) is 11.1 Å². The Labute approximate surface area is 124 Å². The molecule has 21 heavy (non-hydrogen) atoms. The number of carbonyl (C=O) groups excluding carboxylic acids is 1. The Morgan fingerprint density at radius 3 is 3.05 bits per heavy atom. The zero-order chi connectivity index (χ0) is 14.7. The zero-order valence-corrected chi connectivity index (χ0v) is 12.2. The average molecular weight is 281 g/mol. The lowest BCUT2D eigenvalue weighted by Crippen LogP contribution is -2.30. The third-order valence-electron chi connectivity index (χ3n) is 3.86. The molecule has 4 heteroatoms.